The second-order valence-electron chi connectivity index (χ2n) is 9.19. The molecule has 0 unspecified atom stereocenters. The van der Waals surface area contributed by atoms with Gasteiger partial charge in [0.15, 0.2) is 5.78 Å². The van der Waals surface area contributed by atoms with Crippen LogP contribution < -0.4 is 0 Å². The fourth-order valence-corrected chi connectivity index (χ4v) is 5.50. The van der Waals surface area contributed by atoms with Crippen molar-refractivity contribution < 1.29 is 9.90 Å². The van der Waals surface area contributed by atoms with Crippen molar-refractivity contribution in [2.75, 3.05) is 0 Å². The lowest BCUT2D eigenvalue weighted by Gasteiger charge is -2.20. The molecule has 1 N–H and O–H groups in total. The molecule has 0 fully saturated rings. The summed E-state index contributed by atoms with van der Waals surface area (Å²) in [5, 5.41) is 11.6. The molecule has 4 aromatic rings. The monoisotopic (exact) mass is 440 g/mol. The first-order valence-electron chi connectivity index (χ1n) is 11.6. The molecule has 1 atom stereocenters. The zero-order chi connectivity index (χ0) is 23.4. The van der Waals surface area contributed by atoms with Gasteiger partial charge in [-0.1, -0.05) is 108 Å². The van der Waals surface area contributed by atoms with E-state index in [1.54, 1.807) is 0 Å². The van der Waals surface area contributed by atoms with Crippen molar-refractivity contribution in [1.29, 1.82) is 0 Å². The van der Waals surface area contributed by atoms with Crippen LogP contribution in [0.4, 0.5) is 0 Å². The average molecular weight is 441 g/mol. The maximum atomic E-state index is 14.0. The van der Waals surface area contributed by atoms with Gasteiger partial charge in [-0.25, -0.2) is 0 Å². The number of aliphatic hydroxyl groups is 1. The first-order chi connectivity index (χ1) is 16.5. The molecule has 0 heterocycles. The lowest BCUT2D eigenvalue weighted by atomic mass is 9.82. The molecule has 0 saturated heterocycles. The largest absolute Gasteiger partial charge is 0.507 e. The number of aryl methyl sites for hydroxylation is 2. The van der Waals surface area contributed by atoms with E-state index in [-0.39, 0.29) is 17.5 Å². The van der Waals surface area contributed by atoms with Crippen LogP contribution in [0.3, 0.4) is 0 Å². The van der Waals surface area contributed by atoms with E-state index < -0.39 is 0 Å². The van der Waals surface area contributed by atoms with Gasteiger partial charge in [0.05, 0.1) is 0 Å². The van der Waals surface area contributed by atoms with E-state index in [9.17, 15) is 9.90 Å². The Morgan fingerprint density at radius 3 is 2.03 bits per heavy atom. The Bertz CT molecular complexity index is 1550. The molecule has 0 bridgehead atoms. The van der Waals surface area contributed by atoms with Crippen molar-refractivity contribution in [1.82, 2.24) is 0 Å². The average Bonchev–Trinajstić information content (AvgIpc) is 3.30. The molecule has 0 saturated carbocycles. The summed E-state index contributed by atoms with van der Waals surface area (Å²) in [6, 6.07) is 32.3. The molecule has 6 rings (SSSR count). The second-order valence-corrected chi connectivity index (χ2v) is 9.19. The van der Waals surface area contributed by atoms with E-state index in [1.165, 1.54) is 0 Å². The van der Waals surface area contributed by atoms with Crippen molar-refractivity contribution >= 4 is 17.1 Å². The molecule has 0 aliphatic heterocycles. The molecule has 0 aromatic heterocycles. The Hall–Kier alpha value is -4.17. The normalized spacial score (nSPS) is 16.8. The minimum absolute atomic E-state index is 0.0286. The Morgan fingerprint density at radius 1 is 0.647 bits per heavy atom. The Kier molecular flexibility index (Phi) is 4.63. The lowest BCUT2D eigenvalue weighted by Crippen LogP contribution is -2.10. The second kappa shape index (κ2) is 7.71. The van der Waals surface area contributed by atoms with Crippen LogP contribution in [0.1, 0.15) is 55.2 Å². The van der Waals surface area contributed by atoms with E-state index in [2.05, 4.69) is 56.3 Å². The number of hydrogen-bond acceptors (Lipinski definition) is 2. The fraction of sp³-hybridized carbons (Fsp3) is 0.0938. The van der Waals surface area contributed by atoms with Gasteiger partial charge in [0.1, 0.15) is 5.76 Å². The van der Waals surface area contributed by atoms with Gasteiger partial charge in [-0.05, 0) is 36.1 Å². The maximum absolute atomic E-state index is 14.0. The van der Waals surface area contributed by atoms with Gasteiger partial charge in [-0.15, -0.1) is 0 Å². The van der Waals surface area contributed by atoms with Gasteiger partial charge in [0.25, 0.3) is 0 Å². The van der Waals surface area contributed by atoms with Crippen LogP contribution in [-0.4, -0.2) is 10.9 Å². The van der Waals surface area contributed by atoms with Crippen LogP contribution in [0.15, 0.2) is 108 Å². The highest BCUT2D eigenvalue weighted by molar-refractivity contribution is 6.26. The van der Waals surface area contributed by atoms with Crippen LogP contribution >= 0.6 is 0 Å². The maximum Gasteiger partial charge on any atom is 0.194 e. The lowest BCUT2D eigenvalue weighted by molar-refractivity contribution is 0.103. The summed E-state index contributed by atoms with van der Waals surface area (Å²) in [5.74, 6) is -0.0493. The quantitative estimate of drug-likeness (QED) is 0.360. The van der Waals surface area contributed by atoms with E-state index >= 15 is 0 Å². The molecule has 2 aliphatic carbocycles. The molecule has 0 radical (unpaired) electrons. The molecule has 164 valence electrons. The van der Waals surface area contributed by atoms with E-state index in [1.807, 2.05) is 54.6 Å². The minimum Gasteiger partial charge on any atom is -0.507 e. The van der Waals surface area contributed by atoms with Gasteiger partial charge in [-0.2, -0.15) is 0 Å². The third-order valence-electron chi connectivity index (χ3n) is 6.94. The van der Waals surface area contributed by atoms with Crippen LogP contribution in [0.5, 0.6) is 0 Å². The van der Waals surface area contributed by atoms with E-state index in [0.29, 0.717) is 16.7 Å². The summed E-state index contributed by atoms with van der Waals surface area (Å²) in [4.78, 5) is 14.0. The van der Waals surface area contributed by atoms with Crippen molar-refractivity contribution in [2.24, 2.45) is 0 Å². The summed E-state index contributed by atoms with van der Waals surface area (Å²) >= 11 is 0. The number of carbonyl (C=O) groups excluding carboxylic acids is 1. The predicted octanol–water partition coefficient (Wildman–Crippen LogP) is 7.42. The standard InChI is InChI=1S/C32H24O2/c1-19-9-7-11-21(17-19)27-23-13-3-5-15-25(23)31(33)29(27)30-28(22-12-8-10-20(2)18-22)24-14-4-6-16-26(24)32(30)34/h3-18,27,33H,1-2H3/t27-/m0/s1. The topological polar surface area (TPSA) is 37.3 Å². The molecule has 0 spiro atoms. The van der Waals surface area contributed by atoms with Crippen LogP contribution in [0.25, 0.3) is 11.3 Å². The number of fused-ring (bicyclic) bond motifs is 2. The summed E-state index contributed by atoms with van der Waals surface area (Å²) in [7, 11) is 0. The van der Waals surface area contributed by atoms with Gasteiger partial charge in [-0.3, -0.25) is 4.79 Å². The highest BCUT2D eigenvalue weighted by Gasteiger charge is 2.41. The first kappa shape index (κ1) is 20.4. The van der Waals surface area contributed by atoms with Crippen molar-refractivity contribution in [2.45, 2.75) is 19.8 Å². The number of ketones is 1. The molecule has 4 aromatic carbocycles. The third-order valence-corrected chi connectivity index (χ3v) is 6.94. The molecule has 0 amide bonds. The Morgan fingerprint density at radius 2 is 1.29 bits per heavy atom. The summed E-state index contributed by atoms with van der Waals surface area (Å²) < 4.78 is 0. The summed E-state index contributed by atoms with van der Waals surface area (Å²) in [6.07, 6.45) is 0. The molecular formula is C32H24O2. The number of hydrogen-bond donors (Lipinski definition) is 1. The fourth-order valence-electron chi connectivity index (χ4n) is 5.50. The molecule has 2 nitrogen and oxygen atoms in total. The first-order valence-corrected chi connectivity index (χ1v) is 11.6. The summed E-state index contributed by atoms with van der Waals surface area (Å²) in [6.45, 7) is 4.13. The van der Waals surface area contributed by atoms with Crippen molar-refractivity contribution in [3.05, 3.63) is 153 Å². The number of Topliss-reactive ketones (excluding diaryl/α,β-unsaturated/α-hetero) is 1. The number of rotatable bonds is 3. The Balaban J connectivity index is 1.69. The zero-order valence-electron chi connectivity index (χ0n) is 19.2. The minimum atomic E-state index is -0.218. The van der Waals surface area contributed by atoms with Crippen molar-refractivity contribution in [3.8, 4) is 0 Å². The highest BCUT2D eigenvalue weighted by Crippen LogP contribution is 2.52. The zero-order valence-corrected chi connectivity index (χ0v) is 19.2. The van der Waals surface area contributed by atoms with E-state index in [0.717, 1.165) is 44.5 Å². The van der Waals surface area contributed by atoms with Gasteiger partial charge in [0.2, 0.25) is 0 Å². The summed E-state index contributed by atoms with van der Waals surface area (Å²) in [5.41, 5.74) is 9.98. The number of aliphatic hydroxyl groups excluding tert-OH is 1. The van der Waals surface area contributed by atoms with Gasteiger partial charge in [0, 0.05) is 33.8 Å². The number of carbonyl (C=O) groups is 1. The molecule has 34 heavy (non-hydrogen) atoms. The number of benzene rings is 4. The van der Waals surface area contributed by atoms with Gasteiger partial charge >= 0.3 is 0 Å². The Labute approximate surface area is 199 Å². The molecular weight excluding hydrogens is 416 g/mol. The van der Waals surface area contributed by atoms with Crippen LogP contribution in [0.2, 0.25) is 0 Å². The molecule has 2 heteroatoms. The van der Waals surface area contributed by atoms with Crippen molar-refractivity contribution in [3.63, 3.8) is 0 Å². The SMILES string of the molecule is Cc1cccc(C2=C(C3=C(O)c4ccccc4[C@@H]3c3cccc(C)c3)C(=O)c3ccccc32)c1. The van der Waals surface area contributed by atoms with Crippen LogP contribution in [0, 0.1) is 13.8 Å². The smallest absolute Gasteiger partial charge is 0.194 e. The number of allylic oxidation sites excluding steroid dienone is 2. The predicted molar refractivity (Wildman–Crippen MR) is 137 cm³/mol. The third kappa shape index (κ3) is 2.99. The molecule has 2 aliphatic rings. The van der Waals surface area contributed by atoms with Gasteiger partial charge < -0.3 is 5.11 Å². The van der Waals surface area contributed by atoms with Crippen LogP contribution in [-0.2, 0) is 0 Å². The highest BCUT2D eigenvalue weighted by atomic mass is 16.3. The van der Waals surface area contributed by atoms with E-state index in [4.69, 9.17) is 0 Å².